The summed E-state index contributed by atoms with van der Waals surface area (Å²) in [6, 6.07) is 0. The molecule has 5 atom stereocenters. The maximum Gasteiger partial charge on any atom is 0.380 e. The van der Waals surface area contributed by atoms with Crippen molar-refractivity contribution in [2.45, 2.75) is 57.0 Å². The van der Waals surface area contributed by atoms with Gasteiger partial charge in [0.15, 0.2) is 0 Å². The Kier molecular flexibility index (Phi) is 4.67. The number of hydrogen-bond donors (Lipinski definition) is 0. The second-order valence-corrected chi connectivity index (χ2v) is 6.67. The summed E-state index contributed by atoms with van der Waals surface area (Å²) in [5.41, 5.74) is 0. The molecule has 0 N–H and O–H groups in total. The summed E-state index contributed by atoms with van der Waals surface area (Å²) in [5, 5.41) is 0. The lowest BCUT2D eigenvalue weighted by molar-refractivity contribution is -0.348. The maximum atomic E-state index is 13.4. The quantitative estimate of drug-likeness (QED) is 0.620. The molecule has 0 amide bonds. The molecule has 0 saturated heterocycles. The second kappa shape index (κ2) is 5.74. The lowest BCUT2D eigenvalue weighted by atomic mass is 9.80. The van der Waals surface area contributed by atoms with E-state index in [9.17, 15) is 35.1 Å². The van der Waals surface area contributed by atoms with E-state index >= 15 is 0 Å². The maximum absolute atomic E-state index is 13.4. The number of rotatable bonds is 6. The van der Waals surface area contributed by atoms with Crippen LogP contribution in [0.4, 0.5) is 35.1 Å². The molecule has 2 aliphatic rings. The minimum absolute atomic E-state index is 0.102. The molecule has 2 fully saturated rings. The van der Waals surface area contributed by atoms with Gasteiger partial charge in [-0.25, -0.2) is 8.78 Å². The standard InChI is InChI=1S/C14H18F8O/c1-6-7(2)9-3-8(6)4-10(9)23-5-12(17,18)14(21,22)13(19,20)11(15)16/h6-11H,3-5H2,1-2H3. The first-order chi connectivity index (χ1) is 10.3. The number of ether oxygens (including phenoxy) is 1. The van der Waals surface area contributed by atoms with Crippen molar-refractivity contribution in [1.82, 2.24) is 0 Å². The molecule has 5 unspecified atom stereocenters. The highest BCUT2D eigenvalue weighted by atomic mass is 19.4. The van der Waals surface area contributed by atoms with Gasteiger partial charge in [0.2, 0.25) is 0 Å². The van der Waals surface area contributed by atoms with Crippen LogP contribution in [0.2, 0.25) is 0 Å². The lowest BCUT2D eigenvalue weighted by Crippen LogP contribution is -2.59. The SMILES string of the molecule is CC1C2CC(OCC(F)(F)C(F)(F)C(F)(F)C(F)F)C(C2)C1C. The summed E-state index contributed by atoms with van der Waals surface area (Å²) in [5.74, 6) is -17.1. The molecule has 0 aromatic rings. The molecule has 1 nitrogen and oxygen atoms in total. The third-order valence-corrected chi connectivity index (χ3v) is 5.47. The monoisotopic (exact) mass is 354 g/mol. The number of alkyl halides is 8. The molecular formula is C14H18F8O. The van der Waals surface area contributed by atoms with Gasteiger partial charge in [0.1, 0.15) is 6.61 Å². The summed E-state index contributed by atoms with van der Waals surface area (Å²) in [7, 11) is 0. The second-order valence-electron chi connectivity index (χ2n) is 6.67. The zero-order valence-corrected chi connectivity index (χ0v) is 12.5. The third-order valence-electron chi connectivity index (χ3n) is 5.47. The van der Waals surface area contributed by atoms with E-state index in [0.29, 0.717) is 18.8 Å². The molecule has 136 valence electrons. The molecule has 2 rings (SSSR count). The van der Waals surface area contributed by atoms with Crippen LogP contribution in [0.25, 0.3) is 0 Å². The van der Waals surface area contributed by atoms with E-state index in [4.69, 9.17) is 4.74 Å². The van der Waals surface area contributed by atoms with E-state index in [2.05, 4.69) is 0 Å². The third kappa shape index (κ3) is 2.82. The predicted octanol–water partition coefficient (Wildman–Crippen LogP) is 4.85. The lowest BCUT2D eigenvalue weighted by Gasteiger charge is -2.35. The fourth-order valence-corrected chi connectivity index (χ4v) is 3.75. The smallest absolute Gasteiger partial charge is 0.371 e. The van der Waals surface area contributed by atoms with Crippen LogP contribution in [0.5, 0.6) is 0 Å². The highest BCUT2D eigenvalue weighted by Crippen LogP contribution is 2.54. The molecule has 2 saturated carbocycles. The Balaban J connectivity index is 2.02. The van der Waals surface area contributed by atoms with Crippen molar-refractivity contribution in [2.75, 3.05) is 6.61 Å². The van der Waals surface area contributed by atoms with Crippen molar-refractivity contribution in [1.29, 1.82) is 0 Å². The first kappa shape index (κ1) is 18.7. The van der Waals surface area contributed by atoms with Crippen LogP contribution in [-0.2, 0) is 4.74 Å². The minimum Gasteiger partial charge on any atom is -0.371 e. The molecular weight excluding hydrogens is 336 g/mol. The summed E-state index contributed by atoms with van der Waals surface area (Å²) in [6.07, 6.45) is -4.52. The van der Waals surface area contributed by atoms with Crippen LogP contribution in [0.1, 0.15) is 26.7 Å². The van der Waals surface area contributed by atoms with Crippen LogP contribution in [-0.4, -0.2) is 36.9 Å². The highest BCUT2D eigenvalue weighted by Gasteiger charge is 2.75. The Morgan fingerprint density at radius 3 is 1.96 bits per heavy atom. The summed E-state index contributed by atoms with van der Waals surface area (Å²) >= 11 is 0. The zero-order valence-electron chi connectivity index (χ0n) is 12.5. The van der Waals surface area contributed by atoms with Gasteiger partial charge in [0, 0.05) is 0 Å². The van der Waals surface area contributed by atoms with E-state index in [1.807, 2.05) is 13.8 Å². The normalized spacial score (nSPS) is 35.3. The Hall–Kier alpha value is -0.600. The first-order valence-electron chi connectivity index (χ1n) is 7.36. The van der Waals surface area contributed by atoms with Crippen molar-refractivity contribution in [2.24, 2.45) is 23.7 Å². The van der Waals surface area contributed by atoms with Gasteiger partial charge in [0.05, 0.1) is 6.10 Å². The topological polar surface area (TPSA) is 9.23 Å². The van der Waals surface area contributed by atoms with Crippen molar-refractivity contribution in [3.05, 3.63) is 0 Å². The van der Waals surface area contributed by atoms with Crippen LogP contribution < -0.4 is 0 Å². The predicted molar refractivity (Wildman–Crippen MR) is 65.1 cm³/mol. The van der Waals surface area contributed by atoms with Crippen molar-refractivity contribution < 1.29 is 39.9 Å². The molecule has 2 bridgehead atoms. The first-order valence-corrected chi connectivity index (χ1v) is 7.36. The summed E-state index contributed by atoms with van der Waals surface area (Å²) in [6.45, 7) is 1.89. The van der Waals surface area contributed by atoms with Gasteiger partial charge >= 0.3 is 24.2 Å². The van der Waals surface area contributed by atoms with Gasteiger partial charge in [-0.3, -0.25) is 0 Å². The number of hydrogen-bond acceptors (Lipinski definition) is 1. The number of halogens is 8. The highest BCUT2D eigenvalue weighted by molar-refractivity contribution is 5.01. The van der Waals surface area contributed by atoms with Gasteiger partial charge < -0.3 is 4.74 Å². The molecule has 9 heteroatoms. The average molecular weight is 354 g/mol. The zero-order chi connectivity index (χ0) is 17.8. The van der Waals surface area contributed by atoms with Crippen LogP contribution >= 0.6 is 0 Å². The van der Waals surface area contributed by atoms with Gasteiger partial charge in [-0.2, -0.15) is 26.3 Å². The minimum atomic E-state index is -6.19. The Morgan fingerprint density at radius 1 is 0.957 bits per heavy atom. The van der Waals surface area contributed by atoms with E-state index in [-0.39, 0.29) is 17.8 Å². The fraction of sp³-hybridized carbons (Fsp3) is 1.00. The summed E-state index contributed by atoms with van der Waals surface area (Å²) < 4.78 is 107. The molecule has 0 aliphatic heterocycles. The van der Waals surface area contributed by atoms with Crippen LogP contribution in [0, 0.1) is 23.7 Å². The summed E-state index contributed by atoms with van der Waals surface area (Å²) in [4.78, 5) is 0. The van der Waals surface area contributed by atoms with E-state index in [0.717, 1.165) is 0 Å². The molecule has 0 heterocycles. The largest absolute Gasteiger partial charge is 0.380 e. The Morgan fingerprint density at radius 2 is 1.52 bits per heavy atom. The molecule has 0 spiro atoms. The van der Waals surface area contributed by atoms with E-state index in [1.165, 1.54) is 0 Å². The van der Waals surface area contributed by atoms with Crippen LogP contribution in [0.15, 0.2) is 0 Å². The molecule has 0 aromatic carbocycles. The molecule has 0 radical (unpaired) electrons. The van der Waals surface area contributed by atoms with Gasteiger partial charge in [-0.05, 0) is 36.5 Å². The van der Waals surface area contributed by atoms with Crippen LogP contribution in [0.3, 0.4) is 0 Å². The Labute approximate surface area is 128 Å². The van der Waals surface area contributed by atoms with Gasteiger partial charge in [-0.1, -0.05) is 13.8 Å². The molecule has 0 aromatic heterocycles. The average Bonchev–Trinajstić information content (AvgIpc) is 2.96. The van der Waals surface area contributed by atoms with Crippen molar-refractivity contribution in [3.63, 3.8) is 0 Å². The van der Waals surface area contributed by atoms with E-state index in [1.54, 1.807) is 0 Å². The number of fused-ring (bicyclic) bond motifs is 2. The fourth-order valence-electron chi connectivity index (χ4n) is 3.75. The molecule has 23 heavy (non-hydrogen) atoms. The van der Waals surface area contributed by atoms with Gasteiger partial charge in [0.25, 0.3) is 0 Å². The van der Waals surface area contributed by atoms with Crippen molar-refractivity contribution in [3.8, 4) is 0 Å². The van der Waals surface area contributed by atoms with Crippen molar-refractivity contribution >= 4 is 0 Å². The molecule has 2 aliphatic carbocycles. The Bertz CT molecular complexity index is 436. The van der Waals surface area contributed by atoms with Gasteiger partial charge in [-0.15, -0.1) is 0 Å². The van der Waals surface area contributed by atoms with E-state index < -0.39 is 36.9 Å².